The molecule has 9 nitrogen and oxygen atoms in total. The Balaban J connectivity index is 2.07. The summed E-state index contributed by atoms with van der Waals surface area (Å²) in [5, 5.41) is 28.7. The molecule has 110 valence electrons. The summed E-state index contributed by atoms with van der Waals surface area (Å²) < 4.78 is 1.62. The molecule has 0 radical (unpaired) electrons. The number of hydrogen-bond acceptors (Lipinski definition) is 7. The maximum atomic E-state index is 11.7. The van der Waals surface area contributed by atoms with Crippen molar-refractivity contribution in [1.29, 1.82) is 5.26 Å². The summed E-state index contributed by atoms with van der Waals surface area (Å²) in [6, 6.07) is 1.71. The molecule has 0 amide bonds. The lowest BCUT2D eigenvalue weighted by atomic mass is 9.87. The van der Waals surface area contributed by atoms with E-state index in [0.717, 1.165) is 0 Å². The molecule has 0 aromatic carbocycles. The topological polar surface area (TPSA) is 154 Å². The number of nitrogens with zero attached hydrogens (tertiary/aromatic N) is 4. The normalized spacial score (nSPS) is 28.8. The molecule has 3 atom stereocenters. The second-order valence-corrected chi connectivity index (χ2v) is 5.31. The van der Waals surface area contributed by atoms with Crippen molar-refractivity contribution >= 4 is 17.1 Å². The number of nitrogens with one attached hydrogen (secondary N) is 1. The maximum Gasteiger partial charge on any atom is 0.280 e. The van der Waals surface area contributed by atoms with Gasteiger partial charge in [0.2, 0.25) is 5.95 Å². The number of nitriles is 1. The van der Waals surface area contributed by atoms with E-state index in [1.165, 1.54) is 6.33 Å². The lowest BCUT2D eigenvalue weighted by Crippen LogP contribution is -2.31. The first-order valence-corrected chi connectivity index (χ1v) is 6.43. The quantitative estimate of drug-likeness (QED) is 0.547. The minimum absolute atomic E-state index is 0.0264. The Morgan fingerprint density at radius 1 is 1.67 bits per heavy atom. The van der Waals surface area contributed by atoms with Gasteiger partial charge in [0.1, 0.15) is 5.41 Å². The second-order valence-electron chi connectivity index (χ2n) is 5.31. The number of anilines is 1. The van der Waals surface area contributed by atoms with Crippen molar-refractivity contribution in [3.63, 3.8) is 0 Å². The Labute approximate surface area is 118 Å². The molecule has 5 N–H and O–H groups in total. The van der Waals surface area contributed by atoms with Crippen LogP contribution in [0.4, 0.5) is 5.95 Å². The van der Waals surface area contributed by atoms with Gasteiger partial charge in [-0.25, -0.2) is 4.98 Å². The smallest absolute Gasteiger partial charge is 0.280 e. The fourth-order valence-electron chi connectivity index (χ4n) is 2.87. The number of H-pyrrole nitrogens is 1. The van der Waals surface area contributed by atoms with Crippen LogP contribution in [0.5, 0.6) is 0 Å². The van der Waals surface area contributed by atoms with Crippen LogP contribution in [0, 0.1) is 16.7 Å². The van der Waals surface area contributed by atoms with Crippen LogP contribution in [0.2, 0.25) is 0 Å². The first kappa shape index (κ1) is 13.5. The van der Waals surface area contributed by atoms with Gasteiger partial charge in [0.05, 0.1) is 25.1 Å². The van der Waals surface area contributed by atoms with Gasteiger partial charge < -0.3 is 20.5 Å². The van der Waals surface area contributed by atoms with Crippen molar-refractivity contribution in [2.75, 3.05) is 12.3 Å². The number of nitrogen functional groups attached to an aromatic ring is 1. The number of aliphatic hydroxyl groups excluding tert-OH is 2. The van der Waals surface area contributed by atoms with Crippen LogP contribution in [-0.4, -0.2) is 42.4 Å². The van der Waals surface area contributed by atoms with E-state index in [-0.39, 0.29) is 30.3 Å². The highest BCUT2D eigenvalue weighted by atomic mass is 16.3. The molecule has 0 saturated heterocycles. The van der Waals surface area contributed by atoms with Gasteiger partial charge in [-0.15, -0.1) is 0 Å². The van der Waals surface area contributed by atoms with Gasteiger partial charge in [0.25, 0.3) is 5.56 Å². The third-order valence-corrected chi connectivity index (χ3v) is 4.08. The standard InChI is InChI=1S/C12H14N6O3/c13-3-12(4-19)2-6(1-7(12)20)18-5-15-8-9(18)16-11(14)17-10(8)21/h5-7,19-20H,1-2,4H2,(H3,14,16,17,21). The zero-order valence-electron chi connectivity index (χ0n) is 11.0. The Kier molecular flexibility index (Phi) is 2.93. The summed E-state index contributed by atoms with van der Waals surface area (Å²) in [5.74, 6) is -0.0264. The van der Waals surface area contributed by atoms with Gasteiger partial charge >= 0.3 is 0 Å². The molecule has 2 aromatic heterocycles. The van der Waals surface area contributed by atoms with E-state index in [2.05, 4.69) is 15.0 Å². The number of aliphatic hydroxyl groups is 2. The molecular formula is C12H14N6O3. The average Bonchev–Trinajstić information content (AvgIpc) is 3.00. The summed E-state index contributed by atoms with van der Waals surface area (Å²) >= 11 is 0. The van der Waals surface area contributed by atoms with Crippen LogP contribution in [-0.2, 0) is 0 Å². The van der Waals surface area contributed by atoms with Crippen LogP contribution in [0.1, 0.15) is 18.9 Å². The number of imidazole rings is 1. The predicted molar refractivity (Wildman–Crippen MR) is 72.0 cm³/mol. The van der Waals surface area contributed by atoms with Gasteiger partial charge in [0.15, 0.2) is 11.2 Å². The van der Waals surface area contributed by atoms with Gasteiger partial charge in [-0.05, 0) is 12.8 Å². The van der Waals surface area contributed by atoms with Crippen molar-refractivity contribution in [2.24, 2.45) is 5.41 Å². The molecule has 1 aliphatic carbocycles. The number of rotatable bonds is 2. The lowest BCUT2D eigenvalue weighted by molar-refractivity contribution is 0.0460. The van der Waals surface area contributed by atoms with E-state index in [9.17, 15) is 20.3 Å². The summed E-state index contributed by atoms with van der Waals surface area (Å²) in [4.78, 5) is 22.2. The number of fused-ring (bicyclic) bond motifs is 1. The van der Waals surface area contributed by atoms with E-state index in [0.29, 0.717) is 5.65 Å². The molecule has 3 rings (SSSR count). The average molecular weight is 290 g/mol. The highest BCUT2D eigenvalue weighted by Gasteiger charge is 2.48. The van der Waals surface area contributed by atoms with Crippen molar-refractivity contribution in [1.82, 2.24) is 19.5 Å². The van der Waals surface area contributed by atoms with Crippen molar-refractivity contribution in [3.8, 4) is 6.07 Å². The molecule has 9 heteroatoms. The second kappa shape index (κ2) is 4.54. The zero-order valence-corrected chi connectivity index (χ0v) is 11.0. The minimum atomic E-state index is -1.20. The lowest BCUT2D eigenvalue weighted by Gasteiger charge is -2.21. The number of aromatic nitrogens is 4. The summed E-state index contributed by atoms with van der Waals surface area (Å²) in [6.07, 6.45) is 1.01. The summed E-state index contributed by atoms with van der Waals surface area (Å²) in [6.45, 7) is -0.427. The van der Waals surface area contributed by atoms with Gasteiger partial charge in [-0.1, -0.05) is 0 Å². The predicted octanol–water partition coefficient (Wildman–Crippen LogP) is -1.10. The van der Waals surface area contributed by atoms with Crippen molar-refractivity contribution in [2.45, 2.75) is 25.0 Å². The highest BCUT2D eigenvalue weighted by Crippen LogP contribution is 2.44. The Bertz CT molecular complexity index is 790. The highest BCUT2D eigenvalue weighted by molar-refractivity contribution is 5.70. The maximum absolute atomic E-state index is 11.7. The third-order valence-electron chi connectivity index (χ3n) is 4.08. The molecule has 0 aliphatic heterocycles. The van der Waals surface area contributed by atoms with Gasteiger partial charge in [0, 0.05) is 6.04 Å². The molecule has 3 unspecified atom stereocenters. The van der Waals surface area contributed by atoms with Crippen LogP contribution in [0.25, 0.3) is 11.2 Å². The minimum Gasteiger partial charge on any atom is -0.395 e. The van der Waals surface area contributed by atoms with E-state index >= 15 is 0 Å². The Morgan fingerprint density at radius 3 is 3.05 bits per heavy atom. The van der Waals surface area contributed by atoms with Crippen molar-refractivity contribution < 1.29 is 10.2 Å². The number of aromatic amines is 1. The number of nitrogens with two attached hydrogens (primary N) is 1. The first-order chi connectivity index (χ1) is 10.0. The largest absolute Gasteiger partial charge is 0.395 e. The molecule has 0 bridgehead atoms. The first-order valence-electron chi connectivity index (χ1n) is 6.43. The molecule has 2 heterocycles. The van der Waals surface area contributed by atoms with Gasteiger partial charge in [-0.2, -0.15) is 10.2 Å². The molecule has 1 aliphatic rings. The molecule has 1 saturated carbocycles. The van der Waals surface area contributed by atoms with Gasteiger partial charge in [-0.3, -0.25) is 9.78 Å². The molecule has 21 heavy (non-hydrogen) atoms. The van der Waals surface area contributed by atoms with E-state index in [4.69, 9.17) is 5.73 Å². The molecule has 1 fully saturated rings. The molecule has 0 spiro atoms. The zero-order chi connectivity index (χ0) is 15.2. The fraction of sp³-hybridized carbons (Fsp3) is 0.500. The SMILES string of the molecule is N#CC1(CO)CC(n2cnc3c(=O)[nH]c(N)nc32)CC1O. The monoisotopic (exact) mass is 290 g/mol. The number of hydrogen-bond donors (Lipinski definition) is 4. The van der Waals surface area contributed by atoms with E-state index in [1.54, 1.807) is 4.57 Å². The van der Waals surface area contributed by atoms with E-state index in [1.807, 2.05) is 6.07 Å². The Morgan fingerprint density at radius 2 is 2.43 bits per heavy atom. The molecular weight excluding hydrogens is 276 g/mol. The summed E-state index contributed by atoms with van der Waals surface area (Å²) in [7, 11) is 0. The van der Waals surface area contributed by atoms with Crippen LogP contribution in [0.15, 0.2) is 11.1 Å². The fourth-order valence-corrected chi connectivity index (χ4v) is 2.87. The van der Waals surface area contributed by atoms with Crippen molar-refractivity contribution in [3.05, 3.63) is 16.7 Å². The summed E-state index contributed by atoms with van der Waals surface area (Å²) in [5.41, 5.74) is 4.35. The van der Waals surface area contributed by atoms with Crippen LogP contribution < -0.4 is 11.3 Å². The third kappa shape index (κ3) is 1.88. The van der Waals surface area contributed by atoms with Crippen LogP contribution in [0.3, 0.4) is 0 Å². The Hall–Kier alpha value is -2.44. The molecule has 2 aromatic rings. The van der Waals surface area contributed by atoms with Crippen LogP contribution >= 0.6 is 0 Å². The van der Waals surface area contributed by atoms with E-state index < -0.39 is 23.7 Å².